The first-order valence-electron chi connectivity index (χ1n) is 7.50. The first kappa shape index (κ1) is 15.8. The number of hydrogen-bond donors (Lipinski definition) is 1. The number of nitriles is 1. The first-order chi connectivity index (χ1) is 12.0. The molecule has 0 radical (unpaired) electrons. The molecule has 2 aromatic heterocycles. The van der Waals surface area contributed by atoms with Crippen LogP contribution in [0.4, 0.5) is 0 Å². The molecule has 4 nitrogen and oxygen atoms in total. The van der Waals surface area contributed by atoms with Gasteiger partial charge in [-0.05, 0) is 36.4 Å². The number of nitrogens with one attached hydrogen (secondary N) is 1. The van der Waals surface area contributed by atoms with Gasteiger partial charge < -0.3 is 4.98 Å². The Labute approximate surface area is 152 Å². The summed E-state index contributed by atoms with van der Waals surface area (Å²) in [4.78, 5) is 16.1. The van der Waals surface area contributed by atoms with Crippen molar-refractivity contribution in [3.05, 3.63) is 68.4 Å². The van der Waals surface area contributed by atoms with Crippen molar-refractivity contribution in [1.82, 2.24) is 9.55 Å². The van der Waals surface area contributed by atoms with E-state index in [0.29, 0.717) is 32.4 Å². The third kappa shape index (κ3) is 2.41. The second-order valence-electron chi connectivity index (χ2n) is 5.81. The summed E-state index contributed by atoms with van der Waals surface area (Å²) in [5.41, 5.74) is 3.07. The molecule has 0 bridgehead atoms. The van der Waals surface area contributed by atoms with Crippen molar-refractivity contribution >= 4 is 45.1 Å². The van der Waals surface area contributed by atoms with Crippen molar-refractivity contribution < 1.29 is 0 Å². The van der Waals surface area contributed by atoms with Crippen molar-refractivity contribution in [2.45, 2.75) is 0 Å². The first-order valence-corrected chi connectivity index (χ1v) is 8.26. The number of hydrogen-bond acceptors (Lipinski definition) is 2. The molecule has 0 saturated heterocycles. The molecular weight excluding hydrogens is 357 g/mol. The van der Waals surface area contributed by atoms with Crippen molar-refractivity contribution in [2.75, 3.05) is 0 Å². The minimum Gasteiger partial charge on any atom is -0.341 e. The maximum absolute atomic E-state index is 12.8. The van der Waals surface area contributed by atoms with Gasteiger partial charge in [-0.1, -0.05) is 29.3 Å². The summed E-state index contributed by atoms with van der Waals surface area (Å²) >= 11 is 12.3. The van der Waals surface area contributed by atoms with E-state index in [1.54, 1.807) is 35.9 Å². The molecule has 6 heteroatoms. The molecular formula is C19H11Cl2N3O. The van der Waals surface area contributed by atoms with E-state index in [9.17, 15) is 4.79 Å². The third-order valence-corrected chi connectivity index (χ3v) is 4.88. The Kier molecular flexibility index (Phi) is 3.57. The Balaban J connectivity index is 2.13. The van der Waals surface area contributed by atoms with Crippen LogP contribution in [0.25, 0.3) is 33.1 Å². The molecule has 0 spiro atoms. The van der Waals surface area contributed by atoms with Crippen LogP contribution in [-0.4, -0.2) is 9.55 Å². The lowest BCUT2D eigenvalue weighted by atomic mass is 10.0. The molecule has 0 unspecified atom stereocenters. The Hall–Kier alpha value is -2.74. The fourth-order valence-corrected chi connectivity index (χ4v) is 3.58. The van der Waals surface area contributed by atoms with Crippen LogP contribution in [0.3, 0.4) is 0 Å². The van der Waals surface area contributed by atoms with Gasteiger partial charge in [0.2, 0.25) is 0 Å². The van der Waals surface area contributed by atoms with Gasteiger partial charge in [0.1, 0.15) is 5.65 Å². The SMILES string of the molecule is Cn1c(=O)c(-c2ccc(Cl)cc2Cl)cc2c3cc(C#N)ccc3[nH]c21. The number of benzene rings is 2. The number of aromatic amines is 1. The number of nitrogens with zero attached hydrogens (tertiary/aromatic N) is 2. The summed E-state index contributed by atoms with van der Waals surface area (Å²) in [6.07, 6.45) is 0. The summed E-state index contributed by atoms with van der Waals surface area (Å²) < 4.78 is 1.56. The van der Waals surface area contributed by atoms with Crippen LogP contribution < -0.4 is 5.56 Å². The summed E-state index contributed by atoms with van der Waals surface area (Å²) in [5.74, 6) is 0. The molecule has 0 aliphatic carbocycles. The number of pyridine rings is 1. The fraction of sp³-hybridized carbons (Fsp3) is 0.0526. The Morgan fingerprint density at radius 1 is 1.04 bits per heavy atom. The lowest BCUT2D eigenvalue weighted by molar-refractivity contribution is 0.896. The van der Waals surface area contributed by atoms with Crippen LogP contribution in [0.5, 0.6) is 0 Å². The van der Waals surface area contributed by atoms with Gasteiger partial charge in [0.05, 0.1) is 16.7 Å². The number of rotatable bonds is 1. The summed E-state index contributed by atoms with van der Waals surface area (Å²) in [6, 6.07) is 14.4. The van der Waals surface area contributed by atoms with E-state index < -0.39 is 0 Å². The highest BCUT2D eigenvalue weighted by molar-refractivity contribution is 6.36. The number of H-pyrrole nitrogens is 1. The van der Waals surface area contributed by atoms with Crippen LogP contribution in [0, 0.1) is 11.3 Å². The van der Waals surface area contributed by atoms with Gasteiger partial charge in [0.25, 0.3) is 5.56 Å². The highest BCUT2D eigenvalue weighted by Crippen LogP contribution is 2.32. The topological polar surface area (TPSA) is 61.6 Å². The Morgan fingerprint density at radius 3 is 2.56 bits per heavy atom. The number of halogens is 2. The van der Waals surface area contributed by atoms with Gasteiger partial charge in [-0.3, -0.25) is 9.36 Å². The maximum atomic E-state index is 12.8. The predicted molar refractivity (Wildman–Crippen MR) is 101 cm³/mol. The molecule has 0 aliphatic heterocycles. The zero-order valence-electron chi connectivity index (χ0n) is 13.1. The van der Waals surface area contributed by atoms with Gasteiger partial charge in [0, 0.05) is 39.5 Å². The molecule has 122 valence electrons. The molecule has 1 N–H and O–H groups in total. The number of aromatic nitrogens is 2. The van der Waals surface area contributed by atoms with Crippen molar-refractivity contribution in [3.8, 4) is 17.2 Å². The fourth-order valence-electron chi connectivity index (χ4n) is 3.07. The minimum absolute atomic E-state index is 0.163. The van der Waals surface area contributed by atoms with Crippen LogP contribution >= 0.6 is 23.2 Å². The summed E-state index contributed by atoms with van der Waals surface area (Å²) in [7, 11) is 1.71. The molecule has 0 atom stereocenters. The highest BCUT2D eigenvalue weighted by Gasteiger charge is 2.15. The average molecular weight is 368 g/mol. The molecule has 25 heavy (non-hydrogen) atoms. The van der Waals surface area contributed by atoms with Gasteiger partial charge in [-0.2, -0.15) is 5.26 Å². The van der Waals surface area contributed by atoms with Gasteiger partial charge in [-0.15, -0.1) is 0 Å². The van der Waals surface area contributed by atoms with E-state index in [2.05, 4.69) is 11.1 Å². The van der Waals surface area contributed by atoms with Crippen molar-refractivity contribution in [1.29, 1.82) is 5.26 Å². The third-order valence-electron chi connectivity index (χ3n) is 4.33. The molecule has 0 amide bonds. The van der Waals surface area contributed by atoms with Crippen molar-refractivity contribution in [3.63, 3.8) is 0 Å². The van der Waals surface area contributed by atoms with Gasteiger partial charge in [0.15, 0.2) is 0 Å². The predicted octanol–water partition coefficient (Wildman–Crippen LogP) is 4.87. The van der Waals surface area contributed by atoms with E-state index >= 15 is 0 Å². The van der Waals surface area contributed by atoms with E-state index in [4.69, 9.17) is 28.5 Å². The normalized spacial score (nSPS) is 11.1. The van der Waals surface area contributed by atoms with Gasteiger partial charge in [-0.25, -0.2) is 0 Å². The molecule has 0 saturated carbocycles. The van der Waals surface area contributed by atoms with Crippen LogP contribution in [0.15, 0.2) is 47.3 Å². The second kappa shape index (κ2) is 5.66. The number of fused-ring (bicyclic) bond motifs is 3. The minimum atomic E-state index is -0.163. The monoisotopic (exact) mass is 367 g/mol. The highest BCUT2D eigenvalue weighted by atomic mass is 35.5. The van der Waals surface area contributed by atoms with Crippen molar-refractivity contribution in [2.24, 2.45) is 7.05 Å². The zero-order chi connectivity index (χ0) is 17.7. The van der Waals surface area contributed by atoms with E-state index in [1.807, 2.05) is 18.2 Å². The molecule has 2 aromatic carbocycles. The number of aryl methyl sites for hydroxylation is 1. The average Bonchev–Trinajstić information content (AvgIpc) is 2.96. The van der Waals surface area contributed by atoms with Gasteiger partial charge >= 0.3 is 0 Å². The molecule has 4 aromatic rings. The van der Waals surface area contributed by atoms with Crippen LogP contribution in [0.1, 0.15) is 5.56 Å². The van der Waals surface area contributed by atoms with E-state index in [1.165, 1.54) is 0 Å². The van der Waals surface area contributed by atoms with Crippen LogP contribution in [0.2, 0.25) is 10.0 Å². The van der Waals surface area contributed by atoms with E-state index in [-0.39, 0.29) is 5.56 Å². The lowest BCUT2D eigenvalue weighted by Gasteiger charge is -2.08. The molecule has 0 fully saturated rings. The summed E-state index contributed by atoms with van der Waals surface area (Å²) in [6.45, 7) is 0. The quantitative estimate of drug-likeness (QED) is 0.521. The Morgan fingerprint density at radius 2 is 1.84 bits per heavy atom. The second-order valence-corrected chi connectivity index (χ2v) is 6.65. The van der Waals surface area contributed by atoms with E-state index in [0.717, 1.165) is 16.3 Å². The lowest BCUT2D eigenvalue weighted by Crippen LogP contribution is -2.19. The maximum Gasteiger partial charge on any atom is 0.259 e. The standard InChI is InChI=1S/C19H11Cl2N3O/c1-24-18-14(13-6-10(9-22)2-5-17(13)23-18)8-15(19(24)25)12-4-3-11(20)7-16(12)21/h2-8,23H,1H3. The molecule has 2 heterocycles. The smallest absolute Gasteiger partial charge is 0.259 e. The van der Waals surface area contributed by atoms with Crippen LogP contribution in [-0.2, 0) is 7.05 Å². The Bertz CT molecular complexity index is 1260. The molecule has 4 rings (SSSR count). The zero-order valence-corrected chi connectivity index (χ0v) is 14.6. The largest absolute Gasteiger partial charge is 0.341 e. The summed E-state index contributed by atoms with van der Waals surface area (Å²) in [5, 5.41) is 11.8. The molecule has 0 aliphatic rings.